The molecule has 1 aromatic carbocycles. The number of likely N-dealkylation sites (tertiary alicyclic amines) is 1. The minimum Gasteiger partial charge on any atom is -0.497 e. The largest absolute Gasteiger partial charge is 0.497 e. The van der Waals surface area contributed by atoms with Crippen LogP contribution in [-0.2, 0) is 11.3 Å². The van der Waals surface area contributed by atoms with Crippen LogP contribution in [0.5, 0.6) is 5.75 Å². The predicted octanol–water partition coefficient (Wildman–Crippen LogP) is 1.55. The molecule has 22 heavy (non-hydrogen) atoms. The normalized spacial score (nSPS) is 22.3. The summed E-state index contributed by atoms with van der Waals surface area (Å²) in [5.41, 5.74) is 1.04. The Bertz CT molecular complexity index is 475. The maximum atomic E-state index is 12.2. The van der Waals surface area contributed by atoms with Crippen molar-refractivity contribution in [3.63, 3.8) is 0 Å². The van der Waals surface area contributed by atoms with E-state index < -0.39 is 0 Å². The lowest BCUT2D eigenvalue weighted by atomic mass is 9.97. The van der Waals surface area contributed by atoms with Crippen molar-refractivity contribution in [2.45, 2.75) is 44.8 Å². The molecule has 122 valence electrons. The van der Waals surface area contributed by atoms with Gasteiger partial charge in [-0.1, -0.05) is 18.6 Å². The number of amides is 1. The van der Waals surface area contributed by atoms with E-state index in [0.717, 1.165) is 30.6 Å². The van der Waals surface area contributed by atoms with Crippen LogP contribution in [0.15, 0.2) is 24.3 Å². The molecule has 0 aliphatic carbocycles. The van der Waals surface area contributed by atoms with E-state index in [-0.39, 0.29) is 18.6 Å². The SMILES string of the molecule is COc1ccc(CNC(=O)CN2C(C)CCCC2CO)cc1. The standard InChI is InChI=1S/C17H26N2O3/c1-13-4-3-5-15(12-20)19(13)11-17(21)18-10-14-6-8-16(22-2)9-7-14/h6-9,13,15,20H,3-5,10-12H2,1-2H3,(H,18,21). The highest BCUT2D eigenvalue weighted by molar-refractivity contribution is 5.78. The highest BCUT2D eigenvalue weighted by Gasteiger charge is 2.28. The molecule has 5 nitrogen and oxygen atoms in total. The van der Waals surface area contributed by atoms with Gasteiger partial charge in [0.25, 0.3) is 0 Å². The highest BCUT2D eigenvalue weighted by Crippen LogP contribution is 2.22. The summed E-state index contributed by atoms with van der Waals surface area (Å²) in [6, 6.07) is 8.11. The van der Waals surface area contributed by atoms with Crippen LogP contribution in [0.2, 0.25) is 0 Å². The summed E-state index contributed by atoms with van der Waals surface area (Å²) >= 11 is 0. The van der Waals surface area contributed by atoms with E-state index in [1.165, 1.54) is 0 Å². The first-order valence-corrected chi connectivity index (χ1v) is 7.90. The Morgan fingerprint density at radius 3 is 2.73 bits per heavy atom. The van der Waals surface area contributed by atoms with E-state index in [1.807, 2.05) is 24.3 Å². The van der Waals surface area contributed by atoms with Crippen LogP contribution < -0.4 is 10.1 Å². The smallest absolute Gasteiger partial charge is 0.234 e. The Labute approximate surface area is 132 Å². The zero-order valence-electron chi connectivity index (χ0n) is 13.4. The Kier molecular flexibility index (Phi) is 6.21. The van der Waals surface area contributed by atoms with Gasteiger partial charge in [0.2, 0.25) is 5.91 Å². The molecule has 0 radical (unpaired) electrons. The molecule has 0 bridgehead atoms. The predicted molar refractivity (Wildman–Crippen MR) is 85.7 cm³/mol. The van der Waals surface area contributed by atoms with Crippen molar-refractivity contribution in [1.82, 2.24) is 10.2 Å². The van der Waals surface area contributed by atoms with Crippen molar-refractivity contribution in [3.05, 3.63) is 29.8 Å². The number of piperidine rings is 1. The fourth-order valence-corrected chi connectivity index (χ4v) is 2.99. The van der Waals surface area contributed by atoms with Crippen LogP contribution in [0, 0.1) is 0 Å². The lowest BCUT2D eigenvalue weighted by molar-refractivity contribution is -0.124. The Hall–Kier alpha value is -1.59. The zero-order valence-corrected chi connectivity index (χ0v) is 13.4. The first kappa shape index (κ1) is 16.8. The third kappa shape index (κ3) is 4.45. The topological polar surface area (TPSA) is 61.8 Å². The molecule has 1 heterocycles. The van der Waals surface area contributed by atoms with E-state index in [2.05, 4.69) is 17.1 Å². The molecular weight excluding hydrogens is 280 g/mol. The van der Waals surface area contributed by atoms with Crippen molar-refractivity contribution in [3.8, 4) is 5.75 Å². The minimum absolute atomic E-state index is 0.00279. The third-order valence-electron chi connectivity index (χ3n) is 4.38. The van der Waals surface area contributed by atoms with E-state index in [0.29, 0.717) is 19.1 Å². The molecule has 2 unspecified atom stereocenters. The number of carbonyl (C=O) groups is 1. The zero-order chi connectivity index (χ0) is 15.9. The lowest BCUT2D eigenvalue weighted by Crippen LogP contribution is -2.51. The molecule has 1 aliphatic heterocycles. The van der Waals surface area contributed by atoms with Gasteiger partial charge in [-0.3, -0.25) is 9.69 Å². The van der Waals surface area contributed by atoms with Gasteiger partial charge in [0.15, 0.2) is 0 Å². The summed E-state index contributed by atoms with van der Waals surface area (Å²) < 4.78 is 5.11. The number of aliphatic hydroxyl groups excluding tert-OH is 1. The number of nitrogens with one attached hydrogen (secondary N) is 1. The molecular formula is C17H26N2O3. The number of nitrogens with zero attached hydrogens (tertiary/aromatic N) is 1. The van der Waals surface area contributed by atoms with E-state index >= 15 is 0 Å². The average Bonchev–Trinajstić information content (AvgIpc) is 2.55. The van der Waals surface area contributed by atoms with Gasteiger partial charge >= 0.3 is 0 Å². The van der Waals surface area contributed by atoms with Gasteiger partial charge in [-0.2, -0.15) is 0 Å². The number of rotatable bonds is 6. The summed E-state index contributed by atoms with van der Waals surface area (Å²) in [6.07, 6.45) is 3.17. The van der Waals surface area contributed by atoms with Crippen LogP contribution in [0.1, 0.15) is 31.7 Å². The number of hydrogen-bond acceptors (Lipinski definition) is 4. The monoisotopic (exact) mass is 306 g/mol. The first-order chi connectivity index (χ1) is 10.6. The molecule has 1 amide bonds. The van der Waals surface area contributed by atoms with E-state index in [4.69, 9.17) is 4.74 Å². The second-order valence-corrected chi connectivity index (χ2v) is 5.91. The minimum atomic E-state index is 0.00279. The second kappa shape index (κ2) is 8.15. The fourth-order valence-electron chi connectivity index (χ4n) is 2.99. The maximum Gasteiger partial charge on any atom is 0.234 e. The quantitative estimate of drug-likeness (QED) is 0.837. The molecule has 2 N–H and O–H groups in total. The Balaban J connectivity index is 1.83. The number of hydrogen-bond donors (Lipinski definition) is 2. The summed E-state index contributed by atoms with van der Waals surface area (Å²) in [4.78, 5) is 14.3. The molecule has 5 heteroatoms. The van der Waals surface area contributed by atoms with Crippen LogP contribution in [0.3, 0.4) is 0 Å². The van der Waals surface area contributed by atoms with E-state index in [9.17, 15) is 9.90 Å². The lowest BCUT2D eigenvalue weighted by Gasteiger charge is -2.39. The molecule has 0 spiro atoms. The summed E-state index contributed by atoms with van der Waals surface area (Å²) in [5.74, 6) is 0.811. The molecule has 2 rings (SSSR count). The Morgan fingerprint density at radius 1 is 1.36 bits per heavy atom. The molecule has 0 aromatic heterocycles. The summed E-state index contributed by atoms with van der Waals surface area (Å²) in [6.45, 7) is 3.10. The van der Waals surface area contributed by atoms with Crippen LogP contribution in [0.4, 0.5) is 0 Å². The van der Waals surface area contributed by atoms with Crippen molar-refractivity contribution < 1.29 is 14.6 Å². The van der Waals surface area contributed by atoms with Crippen molar-refractivity contribution in [2.75, 3.05) is 20.3 Å². The Morgan fingerprint density at radius 2 is 2.09 bits per heavy atom. The summed E-state index contributed by atoms with van der Waals surface area (Å²) in [5, 5.41) is 12.4. The average molecular weight is 306 g/mol. The molecule has 1 saturated heterocycles. The van der Waals surface area contributed by atoms with Gasteiger partial charge in [-0.15, -0.1) is 0 Å². The molecule has 1 aromatic rings. The van der Waals surface area contributed by atoms with Crippen molar-refractivity contribution in [1.29, 1.82) is 0 Å². The number of aliphatic hydroxyl groups is 1. The van der Waals surface area contributed by atoms with Gasteiger partial charge in [0, 0.05) is 18.6 Å². The number of methoxy groups -OCH3 is 1. The maximum absolute atomic E-state index is 12.2. The van der Waals surface area contributed by atoms with Crippen LogP contribution in [0.25, 0.3) is 0 Å². The van der Waals surface area contributed by atoms with Gasteiger partial charge in [-0.05, 0) is 37.5 Å². The number of ether oxygens (including phenoxy) is 1. The van der Waals surface area contributed by atoms with Gasteiger partial charge < -0.3 is 15.2 Å². The molecule has 0 saturated carbocycles. The second-order valence-electron chi connectivity index (χ2n) is 5.91. The van der Waals surface area contributed by atoms with Crippen molar-refractivity contribution >= 4 is 5.91 Å². The highest BCUT2D eigenvalue weighted by atomic mass is 16.5. The fraction of sp³-hybridized carbons (Fsp3) is 0.588. The van der Waals surface area contributed by atoms with Crippen LogP contribution in [-0.4, -0.2) is 48.3 Å². The van der Waals surface area contributed by atoms with Gasteiger partial charge in [0.05, 0.1) is 20.3 Å². The number of carbonyl (C=O) groups excluding carboxylic acids is 1. The van der Waals surface area contributed by atoms with Gasteiger partial charge in [0.1, 0.15) is 5.75 Å². The third-order valence-corrected chi connectivity index (χ3v) is 4.38. The molecule has 1 fully saturated rings. The van der Waals surface area contributed by atoms with Gasteiger partial charge in [-0.25, -0.2) is 0 Å². The van der Waals surface area contributed by atoms with Crippen molar-refractivity contribution in [2.24, 2.45) is 0 Å². The number of benzene rings is 1. The first-order valence-electron chi connectivity index (χ1n) is 7.90. The summed E-state index contributed by atoms with van der Waals surface area (Å²) in [7, 11) is 1.63. The molecule has 1 aliphatic rings. The van der Waals surface area contributed by atoms with E-state index in [1.54, 1.807) is 7.11 Å². The molecule has 2 atom stereocenters. The van der Waals surface area contributed by atoms with Crippen LogP contribution >= 0.6 is 0 Å².